The fraction of sp³-hybridized carbons (Fsp3) is 0.154. The second kappa shape index (κ2) is 10.0. The van der Waals surface area contributed by atoms with Gasteiger partial charge in [0.15, 0.2) is 23.9 Å². The molecule has 0 bridgehead atoms. The summed E-state index contributed by atoms with van der Waals surface area (Å²) in [4.78, 5) is 25.0. The second-order valence-electron chi connectivity index (χ2n) is 7.56. The number of carbonyl (C=O) groups excluding carboxylic acids is 2. The molecule has 0 saturated carbocycles. The van der Waals surface area contributed by atoms with Gasteiger partial charge in [0, 0.05) is 11.6 Å². The van der Waals surface area contributed by atoms with Crippen molar-refractivity contribution < 1.29 is 41.7 Å². The normalized spacial score (nSPS) is 13.7. The number of hydrogen-bond donors (Lipinski definition) is 1. The van der Waals surface area contributed by atoms with Gasteiger partial charge in [-0.2, -0.15) is 13.2 Å². The standard InChI is InChI=1S/C26H20F3NO6/c1-33-20-9-5-6-15(25(20)34-2)12-22-24(32)17-11-10-16(13-21(17)36-22)35-14-23(31)30-19-8-4-3-7-18(19)26(27,28)29/h3-13H,14H2,1-2H3,(H,30,31). The number of ketones is 1. The predicted octanol–water partition coefficient (Wildman–Crippen LogP) is 5.36. The van der Waals surface area contributed by atoms with Gasteiger partial charge in [-0.15, -0.1) is 0 Å². The number of Topliss-reactive ketones (excluding diaryl/α,β-unsaturated/α-hetero) is 1. The molecule has 36 heavy (non-hydrogen) atoms. The van der Waals surface area contributed by atoms with Gasteiger partial charge in [-0.1, -0.05) is 24.3 Å². The SMILES string of the molecule is COc1cccc(C=C2Oc3cc(OCC(=O)Nc4ccccc4C(F)(F)F)ccc3C2=O)c1OC. The summed E-state index contributed by atoms with van der Waals surface area (Å²) in [5.74, 6) is 0.242. The summed E-state index contributed by atoms with van der Waals surface area (Å²) in [5, 5.41) is 2.20. The highest BCUT2D eigenvalue weighted by molar-refractivity contribution is 6.14. The number of anilines is 1. The van der Waals surface area contributed by atoms with E-state index in [9.17, 15) is 22.8 Å². The molecule has 0 aliphatic carbocycles. The number of para-hydroxylation sites is 2. The number of benzene rings is 3. The number of ether oxygens (including phenoxy) is 4. The Bertz CT molecular complexity index is 1350. The maximum absolute atomic E-state index is 13.1. The third kappa shape index (κ3) is 5.12. The van der Waals surface area contributed by atoms with E-state index in [0.717, 1.165) is 12.1 Å². The van der Waals surface area contributed by atoms with E-state index in [1.807, 2.05) is 0 Å². The minimum atomic E-state index is -4.62. The zero-order valence-electron chi connectivity index (χ0n) is 19.1. The van der Waals surface area contributed by atoms with E-state index >= 15 is 0 Å². The number of methoxy groups -OCH3 is 2. The molecule has 0 saturated heterocycles. The second-order valence-corrected chi connectivity index (χ2v) is 7.56. The van der Waals surface area contributed by atoms with Crippen LogP contribution in [0.5, 0.6) is 23.0 Å². The van der Waals surface area contributed by atoms with Gasteiger partial charge in [0.1, 0.15) is 11.5 Å². The molecule has 1 heterocycles. The lowest BCUT2D eigenvalue weighted by Gasteiger charge is -2.14. The van der Waals surface area contributed by atoms with E-state index in [2.05, 4.69) is 5.32 Å². The van der Waals surface area contributed by atoms with Crippen molar-refractivity contribution in [2.24, 2.45) is 0 Å². The number of rotatable bonds is 7. The van der Waals surface area contributed by atoms with Crippen LogP contribution in [0.1, 0.15) is 21.5 Å². The average Bonchev–Trinajstić information content (AvgIpc) is 3.16. The minimum absolute atomic E-state index is 0.0511. The van der Waals surface area contributed by atoms with Crippen LogP contribution in [0.15, 0.2) is 66.4 Å². The number of amides is 1. The highest BCUT2D eigenvalue weighted by Gasteiger charge is 2.33. The van der Waals surface area contributed by atoms with Crippen molar-refractivity contribution in [3.63, 3.8) is 0 Å². The van der Waals surface area contributed by atoms with Crippen LogP contribution < -0.4 is 24.3 Å². The predicted molar refractivity (Wildman–Crippen MR) is 124 cm³/mol. The maximum atomic E-state index is 13.1. The zero-order chi connectivity index (χ0) is 25.9. The molecule has 1 amide bonds. The molecule has 186 valence electrons. The first-order valence-electron chi connectivity index (χ1n) is 10.6. The molecule has 0 unspecified atom stereocenters. The smallest absolute Gasteiger partial charge is 0.418 e. The zero-order valence-corrected chi connectivity index (χ0v) is 19.1. The van der Waals surface area contributed by atoms with Crippen molar-refractivity contribution in [1.82, 2.24) is 0 Å². The Morgan fingerprint density at radius 1 is 1.03 bits per heavy atom. The molecule has 4 rings (SSSR count). The minimum Gasteiger partial charge on any atom is -0.493 e. The van der Waals surface area contributed by atoms with Gasteiger partial charge >= 0.3 is 6.18 Å². The highest BCUT2D eigenvalue weighted by atomic mass is 19.4. The number of hydrogen-bond acceptors (Lipinski definition) is 6. The van der Waals surface area contributed by atoms with E-state index < -0.39 is 24.3 Å². The topological polar surface area (TPSA) is 83.1 Å². The number of nitrogens with one attached hydrogen (secondary N) is 1. The van der Waals surface area contributed by atoms with Gasteiger partial charge in [0.2, 0.25) is 5.78 Å². The molecule has 1 aliphatic heterocycles. The molecular weight excluding hydrogens is 479 g/mol. The average molecular weight is 499 g/mol. The third-order valence-electron chi connectivity index (χ3n) is 5.24. The van der Waals surface area contributed by atoms with Crippen molar-refractivity contribution in [2.75, 3.05) is 26.1 Å². The third-order valence-corrected chi connectivity index (χ3v) is 5.24. The summed E-state index contributed by atoms with van der Waals surface area (Å²) in [6.07, 6.45) is -3.09. The first-order chi connectivity index (χ1) is 17.2. The van der Waals surface area contributed by atoms with Crippen LogP contribution in [0.3, 0.4) is 0 Å². The Labute approximate surface area is 204 Å². The van der Waals surface area contributed by atoms with E-state index in [1.54, 1.807) is 18.2 Å². The number of allylic oxidation sites excluding steroid dienone is 1. The van der Waals surface area contributed by atoms with Gasteiger partial charge < -0.3 is 24.3 Å². The Balaban J connectivity index is 1.46. The molecule has 3 aromatic rings. The van der Waals surface area contributed by atoms with Gasteiger partial charge in [-0.3, -0.25) is 9.59 Å². The summed E-state index contributed by atoms with van der Waals surface area (Å²) >= 11 is 0. The van der Waals surface area contributed by atoms with Crippen LogP contribution in [0.2, 0.25) is 0 Å². The van der Waals surface area contributed by atoms with Crippen LogP contribution in [0, 0.1) is 0 Å². The Hall–Kier alpha value is -4.47. The van der Waals surface area contributed by atoms with Gasteiger partial charge in [-0.05, 0) is 36.4 Å². The van der Waals surface area contributed by atoms with E-state index in [4.69, 9.17) is 18.9 Å². The van der Waals surface area contributed by atoms with Crippen molar-refractivity contribution in [2.45, 2.75) is 6.18 Å². The number of carbonyl (C=O) groups is 2. The van der Waals surface area contributed by atoms with Crippen molar-refractivity contribution >= 4 is 23.5 Å². The summed E-state index contributed by atoms with van der Waals surface area (Å²) in [6, 6.07) is 14.2. The molecule has 0 spiro atoms. The monoisotopic (exact) mass is 499 g/mol. The molecule has 7 nitrogen and oxygen atoms in total. The van der Waals surface area contributed by atoms with Gasteiger partial charge in [0.25, 0.3) is 5.91 Å². The molecule has 0 fully saturated rings. The van der Waals surface area contributed by atoms with Crippen molar-refractivity contribution in [3.05, 3.63) is 83.1 Å². The molecule has 1 aliphatic rings. The first kappa shape index (κ1) is 24.6. The van der Waals surface area contributed by atoms with Crippen LogP contribution in [0.4, 0.5) is 18.9 Å². The lowest BCUT2D eigenvalue weighted by molar-refractivity contribution is -0.137. The van der Waals surface area contributed by atoms with Crippen LogP contribution in [-0.2, 0) is 11.0 Å². The number of halogens is 3. The fourth-order valence-electron chi connectivity index (χ4n) is 3.60. The largest absolute Gasteiger partial charge is 0.493 e. The highest BCUT2D eigenvalue weighted by Crippen LogP contribution is 2.38. The molecule has 0 atom stereocenters. The Kier molecular flexibility index (Phi) is 6.86. The summed E-state index contributed by atoms with van der Waals surface area (Å²) in [6.45, 7) is -0.553. The molecule has 0 aromatic heterocycles. The summed E-state index contributed by atoms with van der Waals surface area (Å²) in [7, 11) is 2.98. The summed E-state index contributed by atoms with van der Waals surface area (Å²) < 4.78 is 61.1. The lowest BCUT2D eigenvalue weighted by atomic mass is 10.1. The van der Waals surface area contributed by atoms with Crippen LogP contribution >= 0.6 is 0 Å². The van der Waals surface area contributed by atoms with Crippen LogP contribution in [0.25, 0.3) is 6.08 Å². The van der Waals surface area contributed by atoms with Crippen LogP contribution in [-0.4, -0.2) is 32.5 Å². The molecule has 3 aromatic carbocycles. The quantitative estimate of drug-likeness (QED) is 0.441. The molecular formula is C26H20F3NO6. The fourth-order valence-corrected chi connectivity index (χ4v) is 3.60. The maximum Gasteiger partial charge on any atom is 0.418 e. The summed E-state index contributed by atoms with van der Waals surface area (Å²) in [5.41, 5.74) is -0.474. The van der Waals surface area contributed by atoms with E-state index in [-0.39, 0.29) is 28.7 Å². The lowest BCUT2D eigenvalue weighted by Crippen LogP contribution is -2.22. The Morgan fingerprint density at radius 2 is 1.81 bits per heavy atom. The molecule has 0 radical (unpaired) electrons. The van der Waals surface area contributed by atoms with Gasteiger partial charge in [-0.25, -0.2) is 0 Å². The first-order valence-corrected chi connectivity index (χ1v) is 10.6. The number of fused-ring (bicyclic) bond motifs is 1. The van der Waals surface area contributed by atoms with Crippen molar-refractivity contribution in [1.29, 1.82) is 0 Å². The van der Waals surface area contributed by atoms with E-state index in [1.165, 1.54) is 50.6 Å². The van der Waals surface area contributed by atoms with Gasteiger partial charge in [0.05, 0.1) is 31.0 Å². The Morgan fingerprint density at radius 3 is 2.53 bits per heavy atom. The van der Waals surface area contributed by atoms with E-state index in [0.29, 0.717) is 22.6 Å². The molecule has 10 heteroatoms. The van der Waals surface area contributed by atoms with Crippen molar-refractivity contribution in [3.8, 4) is 23.0 Å². The molecule has 1 N–H and O–H groups in total. The number of alkyl halides is 3.